The molecule has 1 N–H and O–H groups in total. The molecule has 0 aromatic heterocycles. The third kappa shape index (κ3) is 4.21. The summed E-state index contributed by atoms with van der Waals surface area (Å²) < 4.78 is 28.7. The summed E-state index contributed by atoms with van der Waals surface area (Å²) in [6, 6.07) is 0.0998. The van der Waals surface area contributed by atoms with E-state index in [4.69, 9.17) is 0 Å². The summed E-state index contributed by atoms with van der Waals surface area (Å²) in [5, 5.41) is 0. The number of hydrogen-bond acceptors (Lipinski definition) is 2. The van der Waals surface area contributed by atoms with Gasteiger partial charge >= 0.3 is 0 Å². The van der Waals surface area contributed by atoms with Gasteiger partial charge in [-0.15, -0.1) is 0 Å². The average Bonchev–Trinajstić information content (AvgIpc) is 2.31. The van der Waals surface area contributed by atoms with Crippen molar-refractivity contribution in [3.63, 3.8) is 0 Å². The number of unbranched alkanes of at least 4 members (excludes halogenated alkanes) is 1. The van der Waals surface area contributed by atoms with Crippen LogP contribution in [0.1, 0.15) is 52.9 Å². The van der Waals surface area contributed by atoms with Gasteiger partial charge in [0, 0.05) is 19.6 Å². The van der Waals surface area contributed by atoms with E-state index in [1.165, 1.54) is 10.7 Å². The lowest BCUT2D eigenvalue weighted by atomic mass is 9.78. The minimum absolute atomic E-state index is 0.0998. The Morgan fingerprint density at radius 2 is 1.94 bits per heavy atom. The summed E-state index contributed by atoms with van der Waals surface area (Å²) in [4.78, 5) is 0. The molecule has 5 heteroatoms. The van der Waals surface area contributed by atoms with Crippen LogP contribution in [0.2, 0.25) is 0 Å². The van der Waals surface area contributed by atoms with E-state index in [2.05, 4.69) is 25.5 Å². The normalized spacial score (nSPS) is 29.7. The van der Waals surface area contributed by atoms with Gasteiger partial charge in [-0.1, -0.05) is 40.0 Å². The summed E-state index contributed by atoms with van der Waals surface area (Å²) in [5.74, 6) is 1.03. The van der Waals surface area contributed by atoms with Crippen LogP contribution < -0.4 is 4.72 Å². The smallest absolute Gasteiger partial charge is 0.199 e. The van der Waals surface area contributed by atoms with Gasteiger partial charge in [0.05, 0.1) is 0 Å². The molecule has 0 aromatic carbocycles. The van der Waals surface area contributed by atoms with Crippen molar-refractivity contribution >= 4 is 10.2 Å². The van der Waals surface area contributed by atoms with E-state index in [1.54, 1.807) is 7.05 Å². The Balaban J connectivity index is 2.59. The standard InChI is InChI=1S/C13H28N2O2S/c1-5-6-10-15(4)18(16,17)14-13-9-7-8-11(2)12(13)3/h11-14H,5-10H2,1-4H3/t11-,12+,13+/m0/s1. The Kier molecular flexibility index (Phi) is 6.08. The Morgan fingerprint density at radius 1 is 1.28 bits per heavy atom. The number of hydrogen-bond donors (Lipinski definition) is 1. The van der Waals surface area contributed by atoms with Gasteiger partial charge in [-0.3, -0.25) is 0 Å². The maximum Gasteiger partial charge on any atom is 0.279 e. The van der Waals surface area contributed by atoms with Gasteiger partial charge < -0.3 is 0 Å². The molecule has 1 aliphatic carbocycles. The van der Waals surface area contributed by atoms with Crippen molar-refractivity contribution in [2.24, 2.45) is 11.8 Å². The average molecular weight is 276 g/mol. The van der Waals surface area contributed by atoms with Gasteiger partial charge in [0.2, 0.25) is 0 Å². The Morgan fingerprint density at radius 3 is 2.56 bits per heavy atom. The van der Waals surface area contributed by atoms with Crippen LogP contribution in [0.5, 0.6) is 0 Å². The molecule has 108 valence electrons. The van der Waals surface area contributed by atoms with Crippen LogP contribution in [0.15, 0.2) is 0 Å². The third-order valence-electron chi connectivity index (χ3n) is 4.24. The summed E-state index contributed by atoms with van der Waals surface area (Å²) >= 11 is 0. The topological polar surface area (TPSA) is 49.4 Å². The zero-order valence-electron chi connectivity index (χ0n) is 12.1. The zero-order chi connectivity index (χ0) is 13.8. The van der Waals surface area contributed by atoms with E-state index in [1.807, 2.05) is 0 Å². The van der Waals surface area contributed by atoms with E-state index in [0.717, 1.165) is 25.7 Å². The Hall–Kier alpha value is -0.130. The molecule has 4 nitrogen and oxygen atoms in total. The first-order valence-electron chi connectivity index (χ1n) is 7.12. The Labute approximate surface area is 112 Å². The molecule has 1 rings (SSSR count). The molecule has 0 amide bonds. The maximum atomic E-state index is 12.2. The summed E-state index contributed by atoms with van der Waals surface area (Å²) in [6.45, 7) is 7.04. The van der Waals surface area contributed by atoms with Crippen molar-refractivity contribution in [1.82, 2.24) is 9.03 Å². The lowest BCUT2D eigenvalue weighted by Crippen LogP contribution is -2.48. The Bertz CT molecular complexity index is 343. The highest BCUT2D eigenvalue weighted by molar-refractivity contribution is 7.87. The van der Waals surface area contributed by atoms with Crippen LogP contribution in [0.4, 0.5) is 0 Å². The highest BCUT2D eigenvalue weighted by Gasteiger charge is 2.31. The monoisotopic (exact) mass is 276 g/mol. The SMILES string of the molecule is CCCCN(C)S(=O)(=O)N[C@@H]1CCC[C@H](C)[C@H]1C. The van der Waals surface area contributed by atoms with Crippen LogP contribution in [0.3, 0.4) is 0 Å². The summed E-state index contributed by atoms with van der Waals surface area (Å²) in [6.07, 6.45) is 5.22. The van der Waals surface area contributed by atoms with Crippen molar-refractivity contribution in [3.05, 3.63) is 0 Å². The van der Waals surface area contributed by atoms with Crippen molar-refractivity contribution < 1.29 is 8.42 Å². The maximum absolute atomic E-state index is 12.2. The van der Waals surface area contributed by atoms with Gasteiger partial charge in [-0.05, 0) is 24.7 Å². The molecule has 1 aliphatic rings. The second kappa shape index (κ2) is 6.87. The van der Waals surface area contributed by atoms with E-state index in [0.29, 0.717) is 18.4 Å². The van der Waals surface area contributed by atoms with Crippen molar-refractivity contribution in [2.45, 2.75) is 58.9 Å². The molecule has 0 radical (unpaired) electrons. The molecule has 0 spiro atoms. The quantitative estimate of drug-likeness (QED) is 0.809. The fraction of sp³-hybridized carbons (Fsp3) is 1.00. The van der Waals surface area contributed by atoms with E-state index < -0.39 is 10.2 Å². The minimum atomic E-state index is -3.31. The molecule has 1 saturated carbocycles. The molecule has 0 saturated heterocycles. The third-order valence-corrected chi connectivity index (χ3v) is 5.85. The van der Waals surface area contributed by atoms with Gasteiger partial charge in [-0.25, -0.2) is 0 Å². The first-order chi connectivity index (χ1) is 8.38. The van der Waals surface area contributed by atoms with Crippen LogP contribution in [0.25, 0.3) is 0 Å². The summed E-state index contributed by atoms with van der Waals surface area (Å²) in [5.41, 5.74) is 0. The largest absolute Gasteiger partial charge is 0.279 e. The van der Waals surface area contributed by atoms with Gasteiger partial charge in [-0.2, -0.15) is 17.4 Å². The second-order valence-corrected chi connectivity index (χ2v) is 7.48. The molecular weight excluding hydrogens is 248 g/mol. The van der Waals surface area contributed by atoms with Crippen LogP contribution in [-0.2, 0) is 10.2 Å². The van der Waals surface area contributed by atoms with Gasteiger partial charge in [0.15, 0.2) is 0 Å². The molecular formula is C13H28N2O2S. The van der Waals surface area contributed by atoms with E-state index in [-0.39, 0.29) is 6.04 Å². The van der Waals surface area contributed by atoms with Crippen LogP contribution in [-0.4, -0.2) is 32.4 Å². The highest BCUT2D eigenvalue weighted by atomic mass is 32.2. The van der Waals surface area contributed by atoms with Gasteiger partial charge in [0.1, 0.15) is 0 Å². The first kappa shape index (κ1) is 15.9. The number of rotatable bonds is 6. The highest BCUT2D eigenvalue weighted by Crippen LogP contribution is 2.29. The predicted octanol–water partition coefficient (Wildman–Crippen LogP) is 2.38. The molecule has 1 fully saturated rings. The molecule has 0 bridgehead atoms. The predicted molar refractivity (Wildman–Crippen MR) is 75.6 cm³/mol. The van der Waals surface area contributed by atoms with Crippen molar-refractivity contribution in [3.8, 4) is 0 Å². The molecule has 0 heterocycles. The van der Waals surface area contributed by atoms with Gasteiger partial charge in [0.25, 0.3) is 10.2 Å². The molecule has 3 atom stereocenters. The molecule has 0 unspecified atom stereocenters. The molecule has 0 aromatic rings. The van der Waals surface area contributed by atoms with Crippen LogP contribution >= 0.6 is 0 Å². The fourth-order valence-electron chi connectivity index (χ4n) is 2.53. The lowest BCUT2D eigenvalue weighted by molar-refractivity contribution is 0.224. The molecule has 18 heavy (non-hydrogen) atoms. The number of nitrogens with one attached hydrogen (secondary N) is 1. The summed E-state index contributed by atoms with van der Waals surface area (Å²) in [7, 11) is -1.64. The lowest BCUT2D eigenvalue weighted by Gasteiger charge is -2.35. The number of nitrogens with zero attached hydrogens (tertiary/aromatic N) is 1. The zero-order valence-corrected chi connectivity index (χ0v) is 13.0. The van der Waals surface area contributed by atoms with Crippen LogP contribution in [0, 0.1) is 11.8 Å². The van der Waals surface area contributed by atoms with E-state index in [9.17, 15) is 8.42 Å². The van der Waals surface area contributed by atoms with Crippen molar-refractivity contribution in [2.75, 3.05) is 13.6 Å². The fourth-order valence-corrected chi connectivity index (χ4v) is 3.80. The second-order valence-electron chi connectivity index (χ2n) is 5.67. The van der Waals surface area contributed by atoms with Crippen molar-refractivity contribution in [1.29, 1.82) is 0 Å². The first-order valence-corrected chi connectivity index (χ1v) is 8.56. The molecule has 0 aliphatic heterocycles. The minimum Gasteiger partial charge on any atom is -0.199 e. The van der Waals surface area contributed by atoms with E-state index >= 15 is 0 Å².